The Hall–Kier alpha value is -1.54. The summed E-state index contributed by atoms with van der Waals surface area (Å²) in [5.41, 5.74) is 5.39. The number of phosphoric ester groups is 1. The zero-order valence-corrected chi connectivity index (χ0v) is 38.0. The minimum atomic E-state index is -4.32. The first-order chi connectivity index (χ1) is 27.9. The summed E-state index contributed by atoms with van der Waals surface area (Å²) in [6, 6.07) is -0.780. The SMILES string of the molecule is CC/C=C\C/C=C\C/C=C\C/C=C\CCCCCCCCCCC(=O)NC(COP(=O)(O)OCCN)C(O)CCCCCCCCCCCCCCCCCCC. The van der Waals surface area contributed by atoms with Gasteiger partial charge in [0.2, 0.25) is 5.91 Å². The van der Waals surface area contributed by atoms with Crippen molar-refractivity contribution in [1.29, 1.82) is 0 Å². The molecule has 0 aromatic rings. The average molecular weight is 823 g/mol. The average Bonchev–Trinajstić information content (AvgIpc) is 3.20. The third kappa shape index (κ3) is 42.4. The fraction of sp³-hybridized carbons (Fsp3) is 0.812. The van der Waals surface area contributed by atoms with Gasteiger partial charge in [-0.2, -0.15) is 0 Å². The fourth-order valence-corrected chi connectivity index (χ4v) is 7.65. The highest BCUT2D eigenvalue weighted by molar-refractivity contribution is 7.47. The molecule has 0 saturated carbocycles. The van der Waals surface area contributed by atoms with Crippen LogP contribution in [0.1, 0.15) is 219 Å². The van der Waals surface area contributed by atoms with Crippen molar-refractivity contribution in [2.45, 2.75) is 231 Å². The van der Waals surface area contributed by atoms with Crippen molar-refractivity contribution in [3.63, 3.8) is 0 Å². The van der Waals surface area contributed by atoms with Crippen molar-refractivity contribution >= 4 is 13.7 Å². The minimum absolute atomic E-state index is 0.0860. The molecular formula is C48H91N2O6P. The Bertz CT molecular complexity index is 1030. The summed E-state index contributed by atoms with van der Waals surface area (Å²) in [4.78, 5) is 22.8. The maximum atomic E-state index is 12.8. The maximum Gasteiger partial charge on any atom is 0.472 e. The quantitative estimate of drug-likeness (QED) is 0.0273. The standard InChI is InChI=1S/C48H91N2O6P/c1-3-5-7-9-11-13-15-17-19-21-22-23-24-26-28-30-32-34-36-38-40-42-48(52)50-46(45-56-57(53,54)55-44-43-49)47(51)41-39-37-35-33-31-29-27-25-20-18-16-14-12-10-8-6-4-2/h5,7,11,13,17,19,22-23,46-47,51H,3-4,6,8-10,12,14-16,18,20-21,24-45,49H2,1-2H3,(H,50,52)(H,53,54)/b7-5-,13-11-,19-17-,23-22-. The zero-order valence-electron chi connectivity index (χ0n) is 37.1. The number of phosphoric acid groups is 1. The second-order valence-corrected chi connectivity index (χ2v) is 17.4. The third-order valence-corrected chi connectivity index (χ3v) is 11.4. The molecule has 0 aliphatic heterocycles. The van der Waals surface area contributed by atoms with E-state index in [1.807, 2.05) is 0 Å². The first kappa shape index (κ1) is 55.5. The van der Waals surface area contributed by atoms with Gasteiger partial charge in [0.25, 0.3) is 0 Å². The number of nitrogens with one attached hydrogen (secondary N) is 1. The van der Waals surface area contributed by atoms with Gasteiger partial charge >= 0.3 is 7.82 Å². The van der Waals surface area contributed by atoms with Crippen LogP contribution in [0, 0.1) is 0 Å². The van der Waals surface area contributed by atoms with Gasteiger partial charge in [-0.3, -0.25) is 13.8 Å². The number of allylic oxidation sites excluding steroid dienone is 8. The zero-order chi connectivity index (χ0) is 41.8. The molecular weight excluding hydrogens is 732 g/mol. The third-order valence-electron chi connectivity index (χ3n) is 10.4. The first-order valence-electron chi connectivity index (χ1n) is 23.8. The molecule has 0 aromatic carbocycles. The highest BCUT2D eigenvalue weighted by Crippen LogP contribution is 2.43. The molecule has 0 aliphatic carbocycles. The summed E-state index contributed by atoms with van der Waals surface area (Å²) in [5.74, 6) is -0.170. The van der Waals surface area contributed by atoms with Gasteiger partial charge in [-0.25, -0.2) is 4.57 Å². The molecule has 0 rings (SSSR count). The molecule has 0 aromatic heterocycles. The largest absolute Gasteiger partial charge is 0.472 e. The molecule has 3 atom stereocenters. The second kappa shape index (κ2) is 44.0. The summed E-state index contributed by atoms with van der Waals surface area (Å²) in [6.07, 6.45) is 54.0. The van der Waals surface area contributed by atoms with Crippen LogP contribution in [0.2, 0.25) is 0 Å². The van der Waals surface area contributed by atoms with Crippen LogP contribution in [0.15, 0.2) is 48.6 Å². The van der Waals surface area contributed by atoms with Gasteiger partial charge in [0, 0.05) is 13.0 Å². The molecule has 0 fully saturated rings. The van der Waals surface area contributed by atoms with Gasteiger partial charge in [0.05, 0.1) is 25.4 Å². The first-order valence-corrected chi connectivity index (χ1v) is 25.2. The normalized spacial score (nSPS) is 14.4. The molecule has 0 aliphatic rings. The van der Waals surface area contributed by atoms with Crippen LogP contribution in [-0.2, 0) is 18.4 Å². The van der Waals surface area contributed by atoms with E-state index < -0.39 is 20.0 Å². The van der Waals surface area contributed by atoms with Gasteiger partial charge in [-0.05, 0) is 51.4 Å². The van der Waals surface area contributed by atoms with Gasteiger partial charge in [-0.1, -0.05) is 210 Å². The van der Waals surface area contributed by atoms with Crippen LogP contribution in [0.4, 0.5) is 0 Å². The lowest BCUT2D eigenvalue weighted by atomic mass is 10.0. The summed E-state index contributed by atoms with van der Waals surface area (Å²) in [5, 5.41) is 13.8. The molecule has 334 valence electrons. The van der Waals surface area contributed by atoms with Gasteiger partial charge in [0.1, 0.15) is 0 Å². The number of unbranched alkanes of at least 4 members (excludes halogenated alkanes) is 24. The number of carbonyl (C=O) groups is 1. The Balaban J connectivity index is 4.12. The lowest BCUT2D eigenvalue weighted by Gasteiger charge is -2.25. The minimum Gasteiger partial charge on any atom is -0.391 e. The summed E-state index contributed by atoms with van der Waals surface area (Å²) in [6.45, 7) is 4.10. The van der Waals surface area contributed by atoms with Crippen molar-refractivity contribution in [2.24, 2.45) is 5.73 Å². The van der Waals surface area contributed by atoms with Crippen molar-refractivity contribution in [3.05, 3.63) is 48.6 Å². The van der Waals surface area contributed by atoms with E-state index in [0.29, 0.717) is 12.8 Å². The van der Waals surface area contributed by atoms with Crippen LogP contribution in [0.25, 0.3) is 0 Å². The number of amides is 1. The van der Waals surface area contributed by atoms with Gasteiger partial charge in [0.15, 0.2) is 0 Å². The molecule has 0 saturated heterocycles. The van der Waals surface area contributed by atoms with Gasteiger partial charge < -0.3 is 21.1 Å². The van der Waals surface area contributed by atoms with Crippen molar-refractivity contribution < 1.29 is 28.4 Å². The molecule has 0 heterocycles. The maximum absolute atomic E-state index is 12.8. The molecule has 57 heavy (non-hydrogen) atoms. The van der Waals surface area contributed by atoms with Crippen LogP contribution in [-0.4, -0.2) is 47.8 Å². The molecule has 0 bridgehead atoms. The summed E-state index contributed by atoms with van der Waals surface area (Å²) >= 11 is 0. The predicted molar refractivity (Wildman–Crippen MR) is 244 cm³/mol. The van der Waals surface area contributed by atoms with Crippen LogP contribution in [0.3, 0.4) is 0 Å². The molecule has 9 heteroatoms. The number of hydrogen-bond donors (Lipinski definition) is 4. The van der Waals surface area contributed by atoms with Crippen molar-refractivity contribution in [2.75, 3.05) is 19.8 Å². The number of nitrogens with two attached hydrogens (primary N) is 1. The fourth-order valence-electron chi connectivity index (χ4n) is 6.89. The van der Waals surface area contributed by atoms with E-state index in [0.717, 1.165) is 70.6 Å². The Morgan fingerprint density at radius 1 is 0.596 bits per heavy atom. The number of rotatable bonds is 44. The Kier molecular flexibility index (Phi) is 42.8. The van der Waals surface area contributed by atoms with Crippen LogP contribution < -0.4 is 11.1 Å². The van der Waals surface area contributed by atoms with Crippen molar-refractivity contribution in [3.8, 4) is 0 Å². The molecule has 0 radical (unpaired) electrons. The second-order valence-electron chi connectivity index (χ2n) is 15.9. The summed E-state index contributed by atoms with van der Waals surface area (Å²) in [7, 11) is -4.32. The Labute approximate surface area is 352 Å². The lowest BCUT2D eigenvalue weighted by Crippen LogP contribution is -2.46. The highest BCUT2D eigenvalue weighted by atomic mass is 31.2. The lowest BCUT2D eigenvalue weighted by molar-refractivity contribution is -0.123. The van der Waals surface area contributed by atoms with E-state index in [4.69, 9.17) is 14.8 Å². The number of carbonyl (C=O) groups excluding carboxylic acids is 1. The van der Waals surface area contributed by atoms with Gasteiger partial charge in [-0.15, -0.1) is 0 Å². The van der Waals surface area contributed by atoms with E-state index in [2.05, 4.69) is 67.8 Å². The molecule has 5 N–H and O–H groups in total. The number of hydrogen-bond acceptors (Lipinski definition) is 6. The van der Waals surface area contributed by atoms with Crippen molar-refractivity contribution in [1.82, 2.24) is 5.32 Å². The van der Waals surface area contributed by atoms with E-state index in [1.165, 1.54) is 122 Å². The van der Waals surface area contributed by atoms with E-state index in [9.17, 15) is 19.4 Å². The Morgan fingerprint density at radius 3 is 1.49 bits per heavy atom. The topological polar surface area (TPSA) is 131 Å². The smallest absolute Gasteiger partial charge is 0.391 e. The highest BCUT2D eigenvalue weighted by Gasteiger charge is 2.27. The predicted octanol–water partition coefficient (Wildman–Crippen LogP) is 13.7. The number of aliphatic hydroxyl groups is 1. The van der Waals surface area contributed by atoms with E-state index in [1.54, 1.807) is 0 Å². The Morgan fingerprint density at radius 2 is 1.02 bits per heavy atom. The molecule has 0 spiro atoms. The number of aliphatic hydroxyl groups excluding tert-OH is 1. The molecule has 3 unspecified atom stereocenters. The van der Waals surface area contributed by atoms with Crippen LogP contribution >= 0.6 is 7.82 Å². The summed E-state index contributed by atoms with van der Waals surface area (Å²) < 4.78 is 22.2. The molecule has 1 amide bonds. The van der Waals surface area contributed by atoms with Crippen LogP contribution in [0.5, 0.6) is 0 Å². The monoisotopic (exact) mass is 823 g/mol. The van der Waals surface area contributed by atoms with E-state index in [-0.39, 0.29) is 25.7 Å². The molecule has 8 nitrogen and oxygen atoms in total. The van der Waals surface area contributed by atoms with E-state index >= 15 is 0 Å².